The molecule has 0 aromatic heterocycles. The summed E-state index contributed by atoms with van der Waals surface area (Å²) in [5.74, 6) is 0.380. The van der Waals surface area contributed by atoms with Gasteiger partial charge < -0.3 is 10.4 Å². The highest BCUT2D eigenvalue weighted by Crippen LogP contribution is 2.17. The van der Waals surface area contributed by atoms with E-state index in [-0.39, 0.29) is 30.4 Å². The van der Waals surface area contributed by atoms with E-state index in [2.05, 4.69) is 5.32 Å². The Morgan fingerprint density at radius 3 is 2.29 bits per heavy atom. The van der Waals surface area contributed by atoms with Gasteiger partial charge >= 0.3 is 0 Å². The van der Waals surface area contributed by atoms with Gasteiger partial charge in [0.25, 0.3) is 0 Å². The van der Waals surface area contributed by atoms with Gasteiger partial charge in [0.15, 0.2) is 0 Å². The molecule has 1 atom stereocenters. The molecular formula is C10H20ClNO2. The molecule has 0 radical (unpaired) electrons. The summed E-state index contributed by atoms with van der Waals surface area (Å²) in [5, 5.41) is 11.8. The molecule has 0 aliphatic heterocycles. The molecule has 14 heavy (non-hydrogen) atoms. The molecule has 1 amide bonds. The van der Waals surface area contributed by atoms with Crippen molar-refractivity contribution >= 4 is 17.5 Å². The monoisotopic (exact) mass is 221 g/mol. The Bertz CT molecular complexity index is 193. The second-order valence-corrected chi connectivity index (χ2v) is 4.79. The van der Waals surface area contributed by atoms with E-state index >= 15 is 0 Å². The lowest BCUT2D eigenvalue weighted by Gasteiger charge is -2.26. The number of carbonyl (C=O) groups is 1. The standard InChI is InChI=1S/C10H20ClNO2/c1-7(2)8(5-13)12-9(14)10(3,4)6-11/h7-8,13H,5-6H2,1-4H3,(H,12,14)/t8-/m1/s1. The van der Waals surface area contributed by atoms with E-state index in [4.69, 9.17) is 16.7 Å². The van der Waals surface area contributed by atoms with Crippen molar-refractivity contribution in [1.82, 2.24) is 5.32 Å². The van der Waals surface area contributed by atoms with Crippen molar-refractivity contribution in [3.05, 3.63) is 0 Å². The number of hydrogen-bond donors (Lipinski definition) is 2. The van der Waals surface area contributed by atoms with E-state index in [9.17, 15) is 4.79 Å². The SMILES string of the molecule is CC(C)[C@@H](CO)NC(=O)C(C)(C)CCl. The summed E-state index contributed by atoms with van der Waals surface area (Å²) in [5.41, 5.74) is -0.579. The van der Waals surface area contributed by atoms with Crippen LogP contribution in [-0.4, -0.2) is 29.5 Å². The highest BCUT2D eigenvalue weighted by molar-refractivity contribution is 6.19. The first kappa shape index (κ1) is 13.7. The first-order valence-corrected chi connectivity index (χ1v) is 5.36. The lowest BCUT2D eigenvalue weighted by Crippen LogP contribution is -2.47. The van der Waals surface area contributed by atoms with Crippen LogP contribution in [0, 0.1) is 11.3 Å². The van der Waals surface area contributed by atoms with Crippen LogP contribution in [0.2, 0.25) is 0 Å². The zero-order valence-corrected chi connectivity index (χ0v) is 10.1. The maximum atomic E-state index is 11.7. The van der Waals surface area contributed by atoms with Gasteiger partial charge in [0.05, 0.1) is 18.1 Å². The number of aliphatic hydroxyl groups is 1. The summed E-state index contributed by atoms with van der Waals surface area (Å²) in [6.07, 6.45) is 0. The molecule has 0 rings (SSSR count). The number of amides is 1. The van der Waals surface area contributed by atoms with E-state index in [0.29, 0.717) is 0 Å². The van der Waals surface area contributed by atoms with Crippen LogP contribution in [0.15, 0.2) is 0 Å². The molecule has 0 saturated carbocycles. The van der Waals surface area contributed by atoms with Crippen LogP contribution in [0.5, 0.6) is 0 Å². The maximum absolute atomic E-state index is 11.7. The Kier molecular flexibility index (Phi) is 5.45. The quantitative estimate of drug-likeness (QED) is 0.690. The lowest BCUT2D eigenvalue weighted by atomic mass is 9.94. The van der Waals surface area contributed by atoms with Crippen LogP contribution < -0.4 is 5.32 Å². The number of alkyl halides is 1. The van der Waals surface area contributed by atoms with Crippen LogP contribution in [0.25, 0.3) is 0 Å². The molecule has 2 N–H and O–H groups in total. The van der Waals surface area contributed by atoms with Gasteiger partial charge in [-0.15, -0.1) is 11.6 Å². The molecule has 0 aromatic rings. The first-order valence-electron chi connectivity index (χ1n) is 4.83. The molecule has 84 valence electrons. The third-order valence-corrected chi connectivity index (χ3v) is 2.93. The van der Waals surface area contributed by atoms with Crippen molar-refractivity contribution in [2.45, 2.75) is 33.7 Å². The summed E-state index contributed by atoms with van der Waals surface area (Å²) in [4.78, 5) is 11.7. The largest absolute Gasteiger partial charge is 0.394 e. The van der Waals surface area contributed by atoms with E-state index in [1.807, 2.05) is 13.8 Å². The average Bonchev–Trinajstić information content (AvgIpc) is 2.12. The van der Waals surface area contributed by atoms with E-state index in [0.717, 1.165) is 0 Å². The fourth-order valence-electron chi connectivity index (χ4n) is 0.848. The van der Waals surface area contributed by atoms with Crippen molar-refractivity contribution in [2.24, 2.45) is 11.3 Å². The molecular weight excluding hydrogens is 202 g/mol. The highest BCUT2D eigenvalue weighted by Gasteiger charge is 2.28. The van der Waals surface area contributed by atoms with Crippen LogP contribution in [-0.2, 0) is 4.79 Å². The fraction of sp³-hybridized carbons (Fsp3) is 0.900. The zero-order chi connectivity index (χ0) is 11.4. The summed E-state index contributed by atoms with van der Waals surface area (Å²) >= 11 is 5.67. The molecule has 0 aromatic carbocycles. The van der Waals surface area contributed by atoms with Gasteiger partial charge in [-0.25, -0.2) is 0 Å². The zero-order valence-electron chi connectivity index (χ0n) is 9.30. The van der Waals surface area contributed by atoms with Gasteiger partial charge in [0, 0.05) is 5.88 Å². The molecule has 0 bridgehead atoms. The lowest BCUT2D eigenvalue weighted by molar-refractivity contribution is -0.129. The van der Waals surface area contributed by atoms with E-state index in [1.165, 1.54) is 0 Å². The predicted molar refractivity (Wildman–Crippen MR) is 58.4 cm³/mol. The molecule has 0 saturated heterocycles. The van der Waals surface area contributed by atoms with Crippen molar-refractivity contribution in [3.63, 3.8) is 0 Å². The normalized spacial score (nSPS) is 14.2. The Hall–Kier alpha value is -0.280. The summed E-state index contributed by atoms with van der Waals surface area (Å²) < 4.78 is 0. The van der Waals surface area contributed by atoms with Gasteiger partial charge in [-0.1, -0.05) is 13.8 Å². The Balaban J connectivity index is 4.30. The predicted octanol–water partition coefficient (Wildman–Crippen LogP) is 1.38. The fourth-order valence-corrected chi connectivity index (χ4v) is 0.969. The Morgan fingerprint density at radius 1 is 1.50 bits per heavy atom. The van der Waals surface area contributed by atoms with Gasteiger partial charge in [-0.2, -0.15) is 0 Å². The molecule has 0 unspecified atom stereocenters. The first-order chi connectivity index (χ1) is 6.35. The summed E-state index contributed by atoms with van der Waals surface area (Å²) in [6.45, 7) is 7.43. The van der Waals surface area contributed by atoms with Gasteiger partial charge in [0.1, 0.15) is 0 Å². The number of carbonyl (C=O) groups excluding carboxylic acids is 1. The third kappa shape index (κ3) is 3.84. The van der Waals surface area contributed by atoms with Crippen LogP contribution in [0.3, 0.4) is 0 Å². The summed E-state index contributed by atoms with van der Waals surface area (Å²) in [7, 11) is 0. The minimum atomic E-state index is -0.579. The highest BCUT2D eigenvalue weighted by atomic mass is 35.5. The molecule has 0 spiro atoms. The molecule has 0 fully saturated rings. The molecule has 3 nitrogen and oxygen atoms in total. The van der Waals surface area contributed by atoms with Crippen LogP contribution in [0.1, 0.15) is 27.7 Å². The minimum Gasteiger partial charge on any atom is -0.394 e. The van der Waals surface area contributed by atoms with Crippen molar-refractivity contribution < 1.29 is 9.90 Å². The molecule has 0 heterocycles. The Morgan fingerprint density at radius 2 is 2.00 bits per heavy atom. The third-order valence-electron chi connectivity index (χ3n) is 2.27. The second-order valence-electron chi connectivity index (χ2n) is 4.52. The van der Waals surface area contributed by atoms with Crippen molar-refractivity contribution in [1.29, 1.82) is 0 Å². The number of aliphatic hydroxyl groups excluding tert-OH is 1. The van der Waals surface area contributed by atoms with E-state index in [1.54, 1.807) is 13.8 Å². The van der Waals surface area contributed by atoms with Crippen molar-refractivity contribution in [2.75, 3.05) is 12.5 Å². The summed E-state index contributed by atoms with van der Waals surface area (Å²) in [6, 6.07) is -0.190. The van der Waals surface area contributed by atoms with Crippen LogP contribution >= 0.6 is 11.6 Å². The van der Waals surface area contributed by atoms with Crippen LogP contribution in [0.4, 0.5) is 0 Å². The number of nitrogens with one attached hydrogen (secondary N) is 1. The maximum Gasteiger partial charge on any atom is 0.227 e. The topological polar surface area (TPSA) is 49.3 Å². The van der Waals surface area contributed by atoms with E-state index < -0.39 is 5.41 Å². The smallest absolute Gasteiger partial charge is 0.227 e. The number of hydrogen-bond acceptors (Lipinski definition) is 2. The molecule has 0 aliphatic rings. The number of rotatable bonds is 5. The second kappa shape index (κ2) is 5.56. The number of halogens is 1. The molecule has 0 aliphatic carbocycles. The minimum absolute atomic E-state index is 0.0399. The van der Waals surface area contributed by atoms with Gasteiger partial charge in [-0.3, -0.25) is 4.79 Å². The van der Waals surface area contributed by atoms with Gasteiger partial charge in [0.2, 0.25) is 5.91 Å². The molecule has 4 heteroatoms. The Labute approximate surface area is 90.8 Å². The van der Waals surface area contributed by atoms with Crippen molar-refractivity contribution in [3.8, 4) is 0 Å². The average molecular weight is 222 g/mol. The van der Waals surface area contributed by atoms with Gasteiger partial charge in [-0.05, 0) is 19.8 Å².